The van der Waals surface area contributed by atoms with E-state index in [0.29, 0.717) is 12.0 Å². The van der Waals surface area contributed by atoms with E-state index < -0.39 is 23.8 Å². The van der Waals surface area contributed by atoms with Gasteiger partial charge in [-0.05, 0) is 23.3 Å². The summed E-state index contributed by atoms with van der Waals surface area (Å²) in [5, 5.41) is 10.0. The topological polar surface area (TPSA) is 46.2 Å². The zero-order chi connectivity index (χ0) is 13.8. The first-order chi connectivity index (χ1) is 9.08. The van der Waals surface area contributed by atoms with Crippen molar-refractivity contribution in [1.29, 1.82) is 0 Å². The van der Waals surface area contributed by atoms with Crippen LogP contribution in [0.15, 0.2) is 48.5 Å². The maximum atomic E-state index is 13.1. The highest BCUT2D eigenvalue weighted by atomic mass is 19.2. The molecule has 3 N–H and O–H groups in total. The zero-order valence-corrected chi connectivity index (χ0v) is 10.3. The molecule has 0 aliphatic heterocycles. The fourth-order valence-electron chi connectivity index (χ4n) is 1.92. The van der Waals surface area contributed by atoms with E-state index in [-0.39, 0.29) is 0 Å². The van der Waals surface area contributed by atoms with Crippen LogP contribution in [-0.4, -0.2) is 11.2 Å². The van der Waals surface area contributed by atoms with E-state index in [0.717, 1.165) is 17.7 Å². The minimum Gasteiger partial charge on any atom is -0.391 e. The minimum atomic E-state index is -0.958. The van der Waals surface area contributed by atoms with Gasteiger partial charge in [-0.1, -0.05) is 36.4 Å². The normalized spacial score (nSPS) is 14.1. The van der Waals surface area contributed by atoms with Crippen LogP contribution in [0.1, 0.15) is 17.2 Å². The highest BCUT2D eigenvalue weighted by molar-refractivity contribution is 5.23. The van der Waals surface area contributed by atoms with Gasteiger partial charge >= 0.3 is 0 Å². The summed E-state index contributed by atoms with van der Waals surface area (Å²) in [4.78, 5) is 0. The average molecular weight is 263 g/mol. The van der Waals surface area contributed by atoms with Crippen LogP contribution in [-0.2, 0) is 6.42 Å². The Bertz CT molecular complexity index is 545. The molecule has 19 heavy (non-hydrogen) atoms. The van der Waals surface area contributed by atoms with Crippen molar-refractivity contribution in [3.63, 3.8) is 0 Å². The lowest BCUT2D eigenvalue weighted by atomic mass is 9.97. The molecule has 2 atom stereocenters. The number of hydrogen-bond donors (Lipinski definition) is 2. The van der Waals surface area contributed by atoms with Gasteiger partial charge in [-0.25, -0.2) is 8.78 Å². The summed E-state index contributed by atoms with van der Waals surface area (Å²) in [5.41, 5.74) is 7.18. The van der Waals surface area contributed by atoms with Gasteiger partial charge in [0.05, 0.1) is 12.1 Å². The molecule has 2 aromatic carbocycles. The van der Waals surface area contributed by atoms with Gasteiger partial charge in [-0.3, -0.25) is 0 Å². The largest absolute Gasteiger partial charge is 0.391 e. The molecule has 0 bridgehead atoms. The van der Waals surface area contributed by atoms with Crippen LogP contribution in [0.25, 0.3) is 0 Å². The maximum Gasteiger partial charge on any atom is 0.159 e. The lowest BCUT2D eigenvalue weighted by Gasteiger charge is -2.19. The van der Waals surface area contributed by atoms with Crippen molar-refractivity contribution in [2.24, 2.45) is 5.73 Å². The number of hydrogen-bond acceptors (Lipinski definition) is 2. The van der Waals surface area contributed by atoms with Gasteiger partial charge in [0.1, 0.15) is 0 Å². The summed E-state index contributed by atoms with van der Waals surface area (Å²) in [6.07, 6.45) is -0.492. The van der Waals surface area contributed by atoms with Crippen LogP contribution in [0.2, 0.25) is 0 Å². The second kappa shape index (κ2) is 5.91. The summed E-state index contributed by atoms with van der Waals surface area (Å²) in [7, 11) is 0. The molecule has 0 heterocycles. The van der Waals surface area contributed by atoms with Gasteiger partial charge < -0.3 is 10.8 Å². The van der Waals surface area contributed by atoms with E-state index in [1.807, 2.05) is 30.3 Å². The molecule has 0 radical (unpaired) electrons. The summed E-state index contributed by atoms with van der Waals surface area (Å²) < 4.78 is 25.9. The molecule has 0 amide bonds. The van der Waals surface area contributed by atoms with Crippen molar-refractivity contribution in [2.75, 3.05) is 0 Å². The lowest BCUT2D eigenvalue weighted by Crippen LogP contribution is -2.28. The molecule has 0 fully saturated rings. The maximum absolute atomic E-state index is 13.1. The first-order valence-corrected chi connectivity index (χ1v) is 6.00. The smallest absolute Gasteiger partial charge is 0.159 e. The minimum absolute atomic E-state index is 0.362. The fraction of sp³-hybridized carbons (Fsp3) is 0.200. The van der Waals surface area contributed by atoms with E-state index in [9.17, 15) is 13.9 Å². The van der Waals surface area contributed by atoms with Crippen molar-refractivity contribution in [3.8, 4) is 0 Å². The Hall–Kier alpha value is -1.78. The number of aliphatic hydroxyl groups excluding tert-OH is 1. The molecule has 0 spiro atoms. The Balaban J connectivity index is 2.10. The Morgan fingerprint density at radius 2 is 1.68 bits per heavy atom. The van der Waals surface area contributed by atoms with Gasteiger partial charge in [0.25, 0.3) is 0 Å². The van der Waals surface area contributed by atoms with Crippen LogP contribution >= 0.6 is 0 Å². The summed E-state index contributed by atoms with van der Waals surface area (Å²) >= 11 is 0. The van der Waals surface area contributed by atoms with E-state index in [2.05, 4.69) is 0 Å². The second-order valence-corrected chi connectivity index (χ2v) is 4.46. The molecule has 0 saturated heterocycles. The van der Waals surface area contributed by atoms with Gasteiger partial charge in [-0.15, -0.1) is 0 Å². The molecule has 100 valence electrons. The van der Waals surface area contributed by atoms with E-state index in [1.165, 1.54) is 6.07 Å². The molecule has 0 saturated carbocycles. The Kier molecular flexibility index (Phi) is 4.24. The molecule has 2 aromatic rings. The lowest BCUT2D eigenvalue weighted by molar-refractivity contribution is 0.145. The monoisotopic (exact) mass is 263 g/mol. The van der Waals surface area contributed by atoms with Crippen LogP contribution in [0.5, 0.6) is 0 Å². The third-order valence-electron chi connectivity index (χ3n) is 3.03. The van der Waals surface area contributed by atoms with Crippen molar-refractivity contribution >= 4 is 0 Å². The summed E-state index contributed by atoms with van der Waals surface area (Å²) in [6.45, 7) is 0. The molecule has 4 heteroatoms. The predicted molar refractivity (Wildman–Crippen MR) is 69.4 cm³/mol. The van der Waals surface area contributed by atoms with Crippen LogP contribution in [0, 0.1) is 11.6 Å². The predicted octanol–water partition coefficient (Wildman–Crippen LogP) is 2.57. The second-order valence-electron chi connectivity index (χ2n) is 4.46. The van der Waals surface area contributed by atoms with Crippen molar-refractivity contribution in [1.82, 2.24) is 0 Å². The van der Waals surface area contributed by atoms with Crippen LogP contribution in [0.4, 0.5) is 8.78 Å². The van der Waals surface area contributed by atoms with E-state index in [1.54, 1.807) is 0 Å². The van der Waals surface area contributed by atoms with Gasteiger partial charge in [0, 0.05) is 6.42 Å². The summed E-state index contributed by atoms with van der Waals surface area (Å²) in [6, 6.07) is 12.0. The molecule has 0 aliphatic rings. The van der Waals surface area contributed by atoms with Crippen molar-refractivity contribution in [3.05, 3.63) is 71.3 Å². The van der Waals surface area contributed by atoms with Crippen LogP contribution < -0.4 is 5.73 Å². The van der Waals surface area contributed by atoms with E-state index >= 15 is 0 Å². The van der Waals surface area contributed by atoms with Crippen molar-refractivity contribution < 1.29 is 13.9 Å². The quantitative estimate of drug-likeness (QED) is 0.890. The third kappa shape index (κ3) is 3.36. The third-order valence-corrected chi connectivity index (χ3v) is 3.03. The highest BCUT2D eigenvalue weighted by Crippen LogP contribution is 2.19. The number of nitrogens with two attached hydrogens (primary N) is 1. The number of aliphatic hydroxyl groups is 1. The average Bonchev–Trinajstić information content (AvgIpc) is 2.42. The van der Waals surface area contributed by atoms with Crippen LogP contribution in [0.3, 0.4) is 0 Å². The first-order valence-electron chi connectivity index (χ1n) is 6.00. The molecule has 0 aromatic heterocycles. The van der Waals surface area contributed by atoms with Gasteiger partial charge in [0.2, 0.25) is 0 Å². The molecule has 0 aliphatic carbocycles. The molecule has 2 rings (SSSR count). The molecule has 0 unspecified atom stereocenters. The van der Waals surface area contributed by atoms with Crippen molar-refractivity contribution in [2.45, 2.75) is 18.6 Å². The van der Waals surface area contributed by atoms with Gasteiger partial charge in [-0.2, -0.15) is 0 Å². The number of halogens is 2. The molecule has 2 nitrogen and oxygen atoms in total. The highest BCUT2D eigenvalue weighted by Gasteiger charge is 2.18. The zero-order valence-electron chi connectivity index (χ0n) is 10.3. The number of rotatable bonds is 4. The Morgan fingerprint density at radius 1 is 1.00 bits per heavy atom. The Morgan fingerprint density at radius 3 is 2.32 bits per heavy atom. The fourth-order valence-corrected chi connectivity index (χ4v) is 1.92. The standard InChI is InChI=1S/C15H15F2NO/c16-12-7-6-11(9-13(12)17)15(18)14(19)8-10-4-2-1-3-5-10/h1-7,9,14-15,19H,8,18H2/t14-,15+/m1/s1. The molecular weight excluding hydrogens is 248 g/mol. The molecular formula is C15H15F2NO. The SMILES string of the molecule is N[C@@H](c1ccc(F)c(F)c1)[C@H](O)Cc1ccccc1. The van der Waals surface area contributed by atoms with Gasteiger partial charge in [0.15, 0.2) is 11.6 Å². The number of benzene rings is 2. The Labute approximate surface area is 110 Å². The first kappa shape index (κ1) is 13.6. The summed E-state index contributed by atoms with van der Waals surface area (Å²) in [5.74, 6) is -1.88. The van der Waals surface area contributed by atoms with E-state index in [4.69, 9.17) is 5.73 Å².